The van der Waals surface area contributed by atoms with Gasteiger partial charge in [-0.15, -0.1) is 0 Å². The third-order valence-corrected chi connectivity index (χ3v) is 3.86. The lowest BCUT2D eigenvalue weighted by Crippen LogP contribution is -1.91. The first kappa shape index (κ1) is 23.1. The van der Waals surface area contributed by atoms with E-state index in [1.165, 1.54) is 0 Å². The molecular weight excluding hydrogens is 342 g/mol. The van der Waals surface area contributed by atoms with E-state index in [4.69, 9.17) is 5.10 Å². The van der Waals surface area contributed by atoms with E-state index >= 15 is 0 Å². The third kappa shape index (κ3) is 5.07. The summed E-state index contributed by atoms with van der Waals surface area (Å²) in [4.78, 5) is 4.13. The quantitative estimate of drug-likeness (QED) is 0.364. The van der Waals surface area contributed by atoms with Gasteiger partial charge in [-0.25, -0.2) is 4.52 Å². The van der Waals surface area contributed by atoms with E-state index < -0.39 is 0 Å². The molecule has 3 nitrogen and oxygen atoms in total. The summed E-state index contributed by atoms with van der Waals surface area (Å²) in [6.45, 7) is 14.1. The molecule has 0 atom stereocenters. The highest BCUT2D eigenvalue weighted by Crippen LogP contribution is 2.35. The van der Waals surface area contributed by atoms with Crippen molar-refractivity contribution in [3.05, 3.63) is 78.8 Å². The molecule has 148 valence electrons. The standard InChI is InChI=1S/C19H15N3.3C2H6/c1-14-6-5-9-17-18(15-10-12-20-13-11-15)19(21-22(14)17)16-7-3-2-4-8-16;3*1-2/h2-13H,1H3;3*1-2H3. The molecule has 0 saturated heterocycles. The SMILES string of the molecule is CC.CC.CC.Cc1cccc2c(-c3ccncc3)c(-c3ccccc3)nn12. The molecule has 0 amide bonds. The molecular formula is C25H33N3. The topological polar surface area (TPSA) is 30.2 Å². The van der Waals surface area contributed by atoms with Gasteiger partial charge in [0.2, 0.25) is 0 Å². The van der Waals surface area contributed by atoms with E-state index in [1.54, 1.807) is 0 Å². The molecule has 3 aromatic heterocycles. The van der Waals surface area contributed by atoms with Gasteiger partial charge in [0.05, 0.1) is 5.52 Å². The molecule has 0 radical (unpaired) electrons. The number of benzene rings is 1. The molecule has 0 spiro atoms. The van der Waals surface area contributed by atoms with Crippen molar-refractivity contribution in [2.45, 2.75) is 48.5 Å². The van der Waals surface area contributed by atoms with Gasteiger partial charge in [-0.2, -0.15) is 5.10 Å². The van der Waals surface area contributed by atoms with Crippen molar-refractivity contribution >= 4 is 5.52 Å². The van der Waals surface area contributed by atoms with Crippen LogP contribution in [0.1, 0.15) is 47.2 Å². The lowest BCUT2D eigenvalue weighted by atomic mass is 10.0. The van der Waals surface area contributed by atoms with Crippen molar-refractivity contribution in [2.24, 2.45) is 0 Å². The second-order valence-corrected chi connectivity index (χ2v) is 5.29. The lowest BCUT2D eigenvalue weighted by Gasteiger charge is -2.03. The average Bonchev–Trinajstić information content (AvgIpc) is 3.20. The van der Waals surface area contributed by atoms with Crippen LogP contribution in [0.25, 0.3) is 27.9 Å². The number of rotatable bonds is 2. The Morgan fingerprint density at radius 2 is 1.25 bits per heavy atom. The van der Waals surface area contributed by atoms with Crippen LogP contribution >= 0.6 is 0 Å². The van der Waals surface area contributed by atoms with Gasteiger partial charge in [-0.05, 0) is 36.8 Å². The smallest absolute Gasteiger partial charge is 0.101 e. The van der Waals surface area contributed by atoms with Crippen molar-refractivity contribution in [3.8, 4) is 22.4 Å². The van der Waals surface area contributed by atoms with Crippen LogP contribution in [0.2, 0.25) is 0 Å². The Kier molecular flexibility index (Phi) is 10.3. The van der Waals surface area contributed by atoms with Crippen LogP contribution in [0.5, 0.6) is 0 Å². The van der Waals surface area contributed by atoms with Crippen molar-refractivity contribution < 1.29 is 0 Å². The molecule has 28 heavy (non-hydrogen) atoms. The van der Waals surface area contributed by atoms with Gasteiger partial charge in [0.1, 0.15) is 5.69 Å². The summed E-state index contributed by atoms with van der Waals surface area (Å²) in [7, 11) is 0. The number of hydrogen-bond acceptors (Lipinski definition) is 2. The fourth-order valence-corrected chi connectivity index (χ4v) is 2.80. The van der Waals surface area contributed by atoms with Crippen LogP contribution in [0.15, 0.2) is 73.1 Å². The zero-order valence-electron chi connectivity index (χ0n) is 18.3. The summed E-state index contributed by atoms with van der Waals surface area (Å²) in [6.07, 6.45) is 3.65. The summed E-state index contributed by atoms with van der Waals surface area (Å²) in [5, 5.41) is 4.86. The number of aromatic nitrogens is 3. The van der Waals surface area contributed by atoms with Crippen LogP contribution in [0.4, 0.5) is 0 Å². The van der Waals surface area contributed by atoms with Crippen LogP contribution < -0.4 is 0 Å². The number of fused-ring (bicyclic) bond motifs is 1. The highest BCUT2D eigenvalue weighted by atomic mass is 15.2. The Morgan fingerprint density at radius 3 is 1.86 bits per heavy atom. The van der Waals surface area contributed by atoms with Crippen molar-refractivity contribution in [2.75, 3.05) is 0 Å². The normalized spacial score (nSPS) is 9.25. The number of nitrogens with zero attached hydrogens (tertiary/aromatic N) is 3. The van der Waals surface area contributed by atoms with E-state index in [0.717, 1.165) is 33.6 Å². The Hall–Kier alpha value is -2.94. The maximum Gasteiger partial charge on any atom is 0.101 e. The molecule has 3 heterocycles. The number of hydrogen-bond donors (Lipinski definition) is 0. The fraction of sp³-hybridized carbons (Fsp3) is 0.280. The zero-order valence-corrected chi connectivity index (χ0v) is 18.3. The number of pyridine rings is 2. The van der Waals surface area contributed by atoms with Gasteiger partial charge < -0.3 is 0 Å². The molecule has 0 N–H and O–H groups in total. The molecule has 0 unspecified atom stereocenters. The van der Waals surface area contributed by atoms with Crippen molar-refractivity contribution in [1.82, 2.24) is 14.6 Å². The summed E-state index contributed by atoms with van der Waals surface area (Å²) >= 11 is 0. The molecule has 4 rings (SSSR count). The minimum atomic E-state index is 1.00. The Morgan fingerprint density at radius 1 is 0.643 bits per heavy atom. The number of aryl methyl sites for hydroxylation is 1. The van der Waals surface area contributed by atoms with E-state index in [-0.39, 0.29) is 0 Å². The predicted octanol–water partition coefficient (Wildman–Crippen LogP) is 7.45. The fourth-order valence-electron chi connectivity index (χ4n) is 2.80. The molecule has 4 aromatic rings. The molecule has 0 aliphatic rings. The second kappa shape index (κ2) is 12.4. The molecule has 0 aliphatic carbocycles. The molecule has 0 bridgehead atoms. The summed E-state index contributed by atoms with van der Waals surface area (Å²) in [5.74, 6) is 0. The zero-order chi connectivity index (χ0) is 20.9. The molecule has 1 aromatic carbocycles. The second-order valence-electron chi connectivity index (χ2n) is 5.29. The first-order valence-corrected chi connectivity index (χ1v) is 10.3. The average molecular weight is 376 g/mol. The molecule has 3 heteroatoms. The molecule has 0 saturated carbocycles. The Balaban J connectivity index is 0.000000599. The van der Waals surface area contributed by atoms with Crippen LogP contribution in [-0.4, -0.2) is 14.6 Å². The van der Waals surface area contributed by atoms with E-state index in [1.807, 2.05) is 88.8 Å². The van der Waals surface area contributed by atoms with Gasteiger partial charge in [0.15, 0.2) is 0 Å². The van der Waals surface area contributed by atoms with E-state index in [0.29, 0.717) is 0 Å². The van der Waals surface area contributed by atoms with E-state index in [9.17, 15) is 0 Å². The highest BCUT2D eigenvalue weighted by molar-refractivity contribution is 5.92. The minimum Gasteiger partial charge on any atom is -0.265 e. The summed E-state index contributed by atoms with van der Waals surface area (Å²) < 4.78 is 2.01. The Bertz CT molecular complexity index is 926. The maximum atomic E-state index is 4.86. The van der Waals surface area contributed by atoms with Crippen molar-refractivity contribution in [1.29, 1.82) is 0 Å². The predicted molar refractivity (Wildman–Crippen MR) is 123 cm³/mol. The van der Waals surface area contributed by atoms with Gasteiger partial charge in [0.25, 0.3) is 0 Å². The lowest BCUT2D eigenvalue weighted by molar-refractivity contribution is 0.918. The van der Waals surface area contributed by atoms with Crippen molar-refractivity contribution in [3.63, 3.8) is 0 Å². The van der Waals surface area contributed by atoms with Gasteiger partial charge in [-0.1, -0.05) is 77.9 Å². The first-order chi connectivity index (χ1) is 13.8. The van der Waals surface area contributed by atoms with Crippen LogP contribution in [0.3, 0.4) is 0 Å². The minimum absolute atomic E-state index is 1.00. The molecule has 0 aliphatic heterocycles. The highest BCUT2D eigenvalue weighted by Gasteiger charge is 2.16. The first-order valence-electron chi connectivity index (χ1n) is 10.3. The Labute approximate surface area is 170 Å². The largest absolute Gasteiger partial charge is 0.265 e. The monoisotopic (exact) mass is 375 g/mol. The molecule has 0 fully saturated rings. The summed E-state index contributed by atoms with van der Waals surface area (Å²) in [6, 6.07) is 20.6. The van der Waals surface area contributed by atoms with Crippen LogP contribution in [-0.2, 0) is 0 Å². The van der Waals surface area contributed by atoms with Gasteiger partial charge in [0, 0.05) is 29.2 Å². The van der Waals surface area contributed by atoms with Gasteiger partial charge in [-0.3, -0.25) is 4.98 Å². The third-order valence-electron chi connectivity index (χ3n) is 3.86. The van der Waals surface area contributed by atoms with Gasteiger partial charge >= 0.3 is 0 Å². The van der Waals surface area contributed by atoms with Crippen LogP contribution in [0, 0.1) is 6.92 Å². The maximum absolute atomic E-state index is 4.86. The summed E-state index contributed by atoms with van der Waals surface area (Å²) in [5.41, 5.74) is 6.64. The van der Waals surface area contributed by atoms with E-state index in [2.05, 4.69) is 42.2 Å².